The Morgan fingerprint density at radius 1 is 0.341 bits per heavy atom. The van der Waals surface area contributed by atoms with Crippen LogP contribution in [0.2, 0.25) is 0 Å². The number of rotatable bonds is 13. The monoisotopic (exact) mass is 1690 g/mol. The van der Waals surface area contributed by atoms with Gasteiger partial charge in [0, 0.05) is 5.56 Å². The standard InChI is InChI=1S/C23H19NO4.C13H8FNO.C13H9NO2.C11H14O2.C7H5FO2.C7H6O3.C6H7NO.11C2H6/c1-2-26-23(25)21(16-10-4-3-5-11-16)27-19-14-8-6-12-17(19)22-24-18-13-7-9-15-20(18)28-22;14-10-6-2-1-5-9(10)13-15-11-7-3-4-8-12(11)16-13;15-11-7-3-1-5-9(11)13-14-10-6-2-4-8-12(10)16-13;1-3-13-11(12)9(2)10-7-5-4-6-8-10;2*8-6-4-2-1-3-5(6)7(9)10;7-5-3-1-2-4-6(5)8;11*1-2/h3-15,21H,2H2,1H3;1-8H;1-8,15H;4-9H,3H2,1-2H3;1-4H,(H,9,10);1-4,8H,(H,9,10);1-4,8H,7H2;11*1-2H3. The van der Waals surface area contributed by atoms with Gasteiger partial charge in [-0.05, 0) is 136 Å². The number of oxazole rings is 3. The summed E-state index contributed by atoms with van der Waals surface area (Å²) in [5.74, 6) is -2.32. The van der Waals surface area contributed by atoms with E-state index in [1.807, 2.05) is 324 Å². The minimum Gasteiger partial charge on any atom is -0.507 e. The number of benzene rings is 11. The molecule has 2 unspecified atom stereocenters. The van der Waals surface area contributed by atoms with E-state index in [2.05, 4.69) is 15.0 Å². The average Bonchev–Trinajstić information content (AvgIpc) is 1.68. The topological polar surface area (TPSA) is 301 Å². The molecule has 0 fully saturated rings. The Hall–Kier alpha value is -13.4. The molecule has 0 saturated carbocycles. The molecule has 0 aliphatic rings. The van der Waals surface area contributed by atoms with Gasteiger partial charge in [-0.3, -0.25) is 4.79 Å². The number of esters is 2. The first kappa shape index (κ1) is 116. The molecule has 0 spiro atoms. The maximum Gasteiger partial charge on any atom is 0.352 e. The van der Waals surface area contributed by atoms with Crippen LogP contribution in [0.5, 0.6) is 23.0 Å². The van der Waals surface area contributed by atoms with Gasteiger partial charge in [0.05, 0.1) is 47.1 Å². The number of carbonyl (C=O) groups excluding carboxylic acids is 2. The molecular weight excluding hydrogens is 1560 g/mol. The van der Waals surface area contributed by atoms with Crippen LogP contribution in [0.3, 0.4) is 0 Å². The van der Waals surface area contributed by atoms with E-state index in [1.54, 1.807) is 85.8 Å². The van der Waals surface area contributed by atoms with Gasteiger partial charge in [-0.15, -0.1) is 0 Å². The number of nitrogens with zero attached hydrogens (tertiary/aromatic N) is 3. The van der Waals surface area contributed by atoms with Crippen molar-refractivity contribution in [2.45, 2.75) is 185 Å². The van der Waals surface area contributed by atoms with Crippen LogP contribution in [0.25, 0.3) is 67.7 Å². The number of aromatic hydroxyl groups is 3. The third kappa shape index (κ3) is 41.9. The van der Waals surface area contributed by atoms with Crippen molar-refractivity contribution in [3.8, 4) is 57.4 Å². The Morgan fingerprint density at radius 2 is 0.650 bits per heavy atom. The van der Waals surface area contributed by atoms with Gasteiger partial charge in [-0.25, -0.2) is 38.1 Å². The third-order valence-electron chi connectivity index (χ3n) is 14.2. The Balaban J connectivity index is -0.000000665. The van der Waals surface area contributed by atoms with E-state index >= 15 is 0 Å². The second-order valence-electron chi connectivity index (χ2n) is 21.2. The molecule has 0 amide bonds. The van der Waals surface area contributed by atoms with Crippen molar-refractivity contribution < 1.29 is 81.0 Å². The van der Waals surface area contributed by atoms with Gasteiger partial charge in [0.1, 0.15) is 56.7 Å². The molecule has 0 radical (unpaired) electrons. The largest absolute Gasteiger partial charge is 0.507 e. The summed E-state index contributed by atoms with van der Waals surface area (Å²) in [4.78, 5) is 57.4. The second-order valence-corrected chi connectivity index (χ2v) is 21.2. The maximum absolute atomic E-state index is 13.5. The van der Waals surface area contributed by atoms with E-state index < -0.39 is 29.8 Å². The normalized spacial score (nSPS) is 9.42. The molecule has 7 N–H and O–H groups in total. The van der Waals surface area contributed by atoms with E-state index in [0.29, 0.717) is 69.1 Å². The lowest BCUT2D eigenvalue weighted by atomic mass is 10.0. The predicted octanol–water partition coefficient (Wildman–Crippen LogP) is 29.2. The lowest BCUT2D eigenvalue weighted by molar-refractivity contribution is -0.151. The van der Waals surface area contributed by atoms with E-state index in [1.165, 1.54) is 36.4 Å². The maximum atomic E-state index is 13.5. The molecule has 14 rings (SSSR count). The molecule has 3 aromatic heterocycles. The summed E-state index contributed by atoms with van der Waals surface area (Å²) < 4.78 is 59.2. The highest BCUT2D eigenvalue weighted by Gasteiger charge is 2.26. The van der Waals surface area contributed by atoms with Crippen LogP contribution in [0, 0.1) is 11.6 Å². The number of halogens is 2. The van der Waals surface area contributed by atoms with Gasteiger partial charge >= 0.3 is 23.9 Å². The average molecular weight is 1690 g/mol. The van der Waals surface area contributed by atoms with Crippen LogP contribution >= 0.6 is 0 Å². The number of nitrogen functional groups attached to an aromatic ring is 1. The Morgan fingerprint density at radius 3 is 1.01 bits per heavy atom. The molecule has 3 heterocycles. The number of hydrogen-bond donors (Lipinski definition) is 6. The molecule has 11 aromatic carbocycles. The second kappa shape index (κ2) is 73.7. The van der Waals surface area contributed by atoms with Crippen LogP contribution in [-0.2, 0) is 19.1 Å². The summed E-state index contributed by atoms with van der Waals surface area (Å²) in [7, 11) is 0. The fourth-order valence-electron chi connectivity index (χ4n) is 9.14. The molecular formula is C102H134F2N4O15. The summed E-state index contributed by atoms with van der Waals surface area (Å²) in [6.45, 7) is 50.2. The van der Waals surface area contributed by atoms with Crippen molar-refractivity contribution in [2.75, 3.05) is 18.9 Å². The zero-order chi connectivity index (χ0) is 94.0. The van der Waals surface area contributed by atoms with Crippen LogP contribution in [-0.4, -0.2) is 77.6 Å². The first-order valence-electron chi connectivity index (χ1n) is 42.3. The number of phenolic OH excluding ortho intramolecular Hbond substituents is 2. The van der Waals surface area contributed by atoms with E-state index in [-0.39, 0.29) is 52.7 Å². The summed E-state index contributed by atoms with van der Waals surface area (Å²) in [6, 6.07) is 79.9. The number of hydrogen-bond acceptors (Lipinski definition) is 17. The lowest BCUT2D eigenvalue weighted by Gasteiger charge is -2.19. The van der Waals surface area contributed by atoms with Crippen molar-refractivity contribution in [2.24, 2.45) is 0 Å². The number of carboxylic acids is 2. The molecule has 19 nitrogen and oxygen atoms in total. The number of phenols is 3. The summed E-state index contributed by atoms with van der Waals surface area (Å²) in [5.41, 5.74) is 13.1. The number of nitrogens with two attached hydrogens (primary N) is 1. The van der Waals surface area contributed by atoms with Gasteiger partial charge in [0.2, 0.25) is 23.8 Å². The van der Waals surface area contributed by atoms with Crippen molar-refractivity contribution in [1.82, 2.24) is 15.0 Å². The number of fused-ring (bicyclic) bond motifs is 3. The number of anilines is 1. The smallest absolute Gasteiger partial charge is 0.352 e. The predicted molar refractivity (Wildman–Crippen MR) is 504 cm³/mol. The van der Waals surface area contributed by atoms with E-state index in [0.717, 1.165) is 33.8 Å². The number of carboxylic acid groups (broad SMARTS) is 2. The zero-order valence-corrected chi connectivity index (χ0v) is 76.6. The highest BCUT2D eigenvalue weighted by Crippen LogP contribution is 2.36. The molecule has 14 aromatic rings. The highest BCUT2D eigenvalue weighted by molar-refractivity contribution is 5.90. The summed E-state index contributed by atoms with van der Waals surface area (Å²) >= 11 is 0. The van der Waals surface area contributed by atoms with Gasteiger partial charge in [-0.1, -0.05) is 322 Å². The minimum absolute atomic E-state index is 0.0671. The molecule has 0 aliphatic carbocycles. The van der Waals surface area contributed by atoms with Crippen LogP contribution in [0.4, 0.5) is 14.5 Å². The van der Waals surface area contributed by atoms with Crippen molar-refractivity contribution >= 4 is 62.9 Å². The van der Waals surface area contributed by atoms with Crippen molar-refractivity contribution in [3.05, 3.63) is 313 Å². The van der Waals surface area contributed by atoms with E-state index in [4.69, 9.17) is 53.6 Å². The van der Waals surface area contributed by atoms with Crippen LogP contribution in [0.1, 0.15) is 217 Å². The molecule has 21 heteroatoms. The lowest BCUT2D eigenvalue weighted by Crippen LogP contribution is -2.21. The first-order valence-corrected chi connectivity index (χ1v) is 42.3. The third-order valence-corrected chi connectivity index (χ3v) is 14.2. The molecule has 0 aliphatic heterocycles. The fraction of sp³-hybridized carbons (Fsp3) is 0.284. The number of carbonyl (C=O) groups is 4. The SMILES string of the molecule is CC.CC.CC.CC.CC.CC.CC.CC.CC.CC.CC.CCOC(=O)C(C)c1ccccc1.CCOC(=O)C(Oc1ccccc1-c1nc2ccccc2o1)c1ccccc1.Fc1ccccc1-c1nc2ccccc2o1.Nc1ccccc1O.O=C(O)c1ccccc1F.O=C(O)c1ccccc1O.Oc1ccccc1-c1nc2ccccc2o1. The van der Waals surface area contributed by atoms with Gasteiger partial charge in [-0.2, -0.15) is 0 Å². The number of ether oxygens (including phenoxy) is 3. The quantitative estimate of drug-likeness (QED) is 0.0355. The molecule has 666 valence electrons. The molecule has 0 saturated heterocycles. The number of aromatic carboxylic acids is 2. The number of aromatic nitrogens is 3. The summed E-state index contributed by atoms with van der Waals surface area (Å²) in [5, 5.41) is 44.1. The fourth-order valence-corrected chi connectivity index (χ4v) is 9.14. The number of para-hydroxylation sites is 11. The van der Waals surface area contributed by atoms with Crippen LogP contribution < -0.4 is 10.5 Å². The van der Waals surface area contributed by atoms with Gasteiger partial charge in [0.25, 0.3) is 0 Å². The van der Waals surface area contributed by atoms with Crippen LogP contribution in [0.15, 0.2) is 292 Å². The van der Waals surface area contributed by atoms with E-state index in [9.17, 15) is 33.1 Å². The van der Waals surface area contributed by atoms with Gasteiger partial charge in [0.15, 0.2) is 16.7 Å². The van der Waals surface area contributed by atoms with Crippen molar-refractivity contribution in [1.29, 1.82) is 0 Å². The van der Waals surface area contributed by atoms with Gasteiger partial charge < -0.3 is 58.7 Å². The molecule has 123 heavy (non-hydrogen) atoms. The van der Waals surface area contributed by atoms with Crippen molar-refractivity contribution in [3.63, 3.8) is 0 Å². The highest BCUT2D eigenvalue weighted by atomic mass is 19.1. The Labute approximate surface area is 729 Å². The minimum atomic E-state index is -1.24. The Kier molecular flexibility index (Phi) is 69.4. The zero-order valence-electron chi connectivity index (χ0n) is 76.6. The Bertz CT molecular complexity index is 4700. The molecule has 2 atom stereocenters. The first-order chi connectivity index (χ1) is 59.9. The molecule has 0 bridgehead atoms. The summed E-state index contributed by atoms with van der Waals surface area (Å²) in [6.07, 6.45) is -0.883.